The molecule has 1 N–H and O–H groups in total. The van der Waals surface area contributed by atoms with Crippen molar-refractivity contribution in [2.24, 2.45) is 0 Å². The zero-order valence-corrected chi connectivity index (χ0v) is 12.6. The minimum atomic E-state index is -2.76. The fourth-order valence-corrected chi connectivity index (χ4v) is 8.01. The van der Waals surface area contributed by atoms with Crippen molar-refractivity contribution >= 4 is 23.0 Å². The second-order valence-electron chi connectivity index (χ2n) is 5.14. The monoisotopic (exact) mass is 288 g/mol. The quantitative estimate of drug-likeness (QED) is 0.847. The van der Waals surface area contributed by atoms with E-state index in [1.54, 1.807) is 6.07 Å². The van der Waals surface area contributed by atoms with E-state index in [9.17, 15) is 9.67 Å². The molecule has 0 saturated heterocycles. The van der Waals surface area contributed by atoms with Crippen molar-refractivity contribution in [3.05, 3.63) is 12.1 Å². The summed E-state index contributed by atoms with van der Waals surface area (Å²) < 4.78 is 23.3. The fraction of sp³-hybridized carbons (Fsp3) is 0.500. The van der Waals surface area contributed by atoms with Crippen LogP contribution in [0.25, 0.3) is 0 Å². The van der Waals surface area contributed by atoms with Crippen LogP contribution in [0.5, 0.6) is 17.2 Å². The van der Waals surface area contributed by atoms with Gasteiger partial charge in [-0.25, -0.2) is 0 Å². The highest BCUT2D eigenvalue weighted by molar-refractivity contribution is 8.61. The molecule has 1 aliphatic heterocycles. The van der Waals surface area contributed by atoms with Crippen LogP contribution in [0.4, 0.5) is 0 Å². The molecule has 0 bridgehead atoms. The van der Waals surface area contributed by atoms with E-state index in [1.807, 2.05) is 20.8 Å². The molecule has 0 spiro atoms. The maximum absolute atomic E-state index is 12.9. The standard InChI is InChI=1S/C12H17O4PS/c1-12(2,3)18-17(14)7-16-10-6-8(15-4)5-9(13)11(10)17/h5-6,13H,7H2,1-4H3. The zero-order chi connectivity index (χ0) is 13.6. The molecular formula is C12H17O4PS. The van der Waals surface area contributed by atoms with Gasteiger partial charge in [-0.2, -0.15) is 0 Å². The van der Waals surface area contributed by atoms with Crippen LogP contribution in [-0.4, -0.2) is 23.3 Å². The van der Waals surface area contributed by atoms with E-state index in [-0.39, 0.29) is 16.8 Å². The number of fused-ring (bicyclic) bond motifs is 1. The topological polar surface area (TPSA) is 55.8 Å². The van der Waals surface area contributed by atoms with Gasteiger partial charge in [0.2, 0.25) is 6.34 Å². The highest BCUT2D eigenvalue weighted by Gasteiger charge is 2.42. The molecule has 4 nitrogen and oxygen atoms in total. The fourth-order valence-electron chi connectivity index (χ4n) is 1.87. The lowest BCUT2D eigenvalue weighted by Crippen LogP contribution is -2.10. The maximum atomic E-state index is 12.9. The smallest absolute Gasteiger partial charge is 0.210 e. The van der Waals surface area contributed by atoms with Gasteiger partial charge in [-0.05, 0) is 0 Å². The van der Waals surface area contributed by atoms with Gasteiger partial charge in [0.25, 0.3) is 0 Å². The van der Waals surface area contributed by atoms with Gasteiger partial charge < -0.3 is 19.1 Å². The van der Waals surface area contributed by atoms with Gasteiger partial charge >= 0.3 is 0 Å². The highest BCUT2D eigenvalue weighted by Crippen LogP contribution is 2.67. The number of phenols is 1. The van der Waals surface area contributed by atoms with E-state index in [1.165, 1.54) is 24.6 Å². The SMILES string of the molecule is COc1cc(O)c2c(c1)OCP2(=O)SC(C)(C)C. The van der Waals surface area contributed by atoms with Gasteiger partial charge in [0.1, 0.15) is 22.6 Å². The molecule has 1 aromatic carbocycles. The van der Waals surface area contributed by atoms with E-state index >= 15 is 0 Å². The summed E-state index contributed by atoms with van der Waals surface area (Å²) in [6.45, 7) is 5.99. The second-order valence-corrected chi connectivity index (χ2v) is 10.9. The van der Waals surface area contributed by atoms with Crippen LogP contribution in [0.15, 0.2) is 12.1 Å². The number of aromatic hydroxyl groups is 1. The van der Waals surface area contributed by atoms with Crippen molar-refractivity contribution in [3.8, 4) is 17.2 Å². The minimum Gasteiger partial charge on any atom is -0.507 e. The zero-order valence-electron chi connectivity index (χ0n) is 10.9. The Kier molecular flexibility index (Phi) is 3.32. The van der Waals surface area contributed by atoms with Gasteiger partial charge in [-0.15, -0.1) is 0 Å². The number of benzene rings is 1. The first-order valence-corrected chi connectivity index (χ1v) is 8.91. The van der Waals surface area contributed by atoms with Gasteiger partial charge in [0, 0.05) is 16.9 Å². The van der Waals surface area contributed by atoms with Crippen molar-refractivity contribution in [3.63, 3.8) is 0 Å². The van der Waals surface area contributed by atoms with E-state index in [0.29, 0.717) is 16.8 Å². The Hall–Kier alpha value is -0.800. The summed E-state index contributed by atoms with van der Waals surface area (Å²) in [5, 5.41) is 10.5. The molecule has 18 heavy (non-hydrogen) atoms. The Morgan fingerprint density at radius 2 is 2.11 bits per heavy atom. The Morgan fingerprint density at radius 3 is 2.67 bits per heavy atom. The summed E-state index contributed by atoms with van der Waals surface area (Å²) >= 11 is 1.37. The molecule has 1 aliphatic rings. The molecule has 1 heterocycles. The van der Waals surface area contributed by atoms with E-state index in [4.69, 9.17) is 9.47 Å². The Morgan fingerprint density at radius 1 is 1.44 bits per heavy atom. The third kappa shape index (κ3) is 2.47. The van der Waals surface area contributed by atoms with E-state index < -0.39 is 6.34 Å². The molecule has 0 fully saturated rings. The van der Waals surface area contributed by atoms with Crippen LogP contribution < -0.4 is 14.8 Å². The van der Waals surface area contributed by atoms with Crippen LogP contribution in [-0.2, 0) is 4.57 Å². The molecule has 2 rings (SSSR count). The summed E-state index contributed by atoms with van der Waals surface area (Å²) in [6.07, 6.45) is -2.63. The molecular weight excluding hydrogens is 271 g/mol. The van der Waals surface area contributed by atoms with Crippen molar-refractivity contribution < 1.29 is 19.1 Å². The average Bonchev–Trinajstić information content (AvgIpc) is 2.53. The van der Waals surface area contributed by atoms with Crippen molar-refractivity contribution in [1.29, 1.82) is 0 Å². The summed E-state index contributed by atoms with van der Waals surface area (Å²) in [7, 11) is 1.51. The summed E-state index contributed by atoms with van der Waals surface area (Å²) in [5.41, 5.74) is 0. The largest absolute Gasteiger partial charge is 0.507 e. The second kappa shape index (κ2) is 4.39. The first kappa shape index (κ1) is 13.6. The maximum Gasteiger partial charge on any atom is 0.210 e. The van der Waals surface area contributed by atoms with Gasteiger partial charge in [0.05, 0.1) is 7.11 Å². The summed E-state index contributed by atoms with van der Waals surface area (Å²) in [5.74, 6) is 0.953. The third-order valence-electron chi connectivity index (χ3n) is 2.42. The number of rotatable bonds is 2. The predicted octanol–water partition coefficient (Wildman–Crippen LogP) is 3.19. The van der Waals surface area contributed by atoms with Crippen LogP contribution in [0.3, 0.4) is 0 Å². The molecule has 100 valence electrons. The number of hydrogen-bond acceptors (Lipinski definition) is 5. The van der Waals surface area contributed by atoms with Crippen molar-refractivity contribution in [2.75, 3.05) is 13.5 Å². The van der Waals surface area contributed by atoms with Crippen LogP contribution in [0, 0.1) is 0 Å². The molecule has 0 radical (unpaired) electrons. The Labute approximate surface area is 111 Å². The number of methoxy groups -OCH3 is 1. The van der Waals surface area contributed by atoms with E-state index in [0.717, 1.165) is 0 Å². The molecule has 0 amide bonds. The van der Waals surface area contributed by atoms with Gasteiger partial charge in [0.15, 0.2) is 6.35 Å². The molecule has 1 aromatic rings. The number of hydrogen-bond donors (Lipinski definition) is 1. The molecule has 0 aliphatic carbocycles. The van der Waals surface area contributed by atoms with Crippen LogP contribution in [0.1, 0.15) is 20.8 Å². The van der Waals surface area contributed by atoms with Gasteiger partial charge in [-0.1, -0.05) is 32.2 Å². The molecule has 0 saturated carbocycles. The molecule has 6 heteroatoms. The minimum absolute atomic E-state index is 0.0121. The summed E-state index contributed by atoms with van der Waals surface area (Å²) in [6, 6.07) is 3.14. The number of phenolic OH excluding ortho intramolecular Hbond substituents is 1. The first-order valence-electron chi connectivity index (χ1n) is 5.59. The Balaban J connectivity index is 2.48. The lowest BCUT2D eigenvalue weighted by Gasteiger charge is -2.22. The lowest BCUT2D eigenvalue weighted by molar-refractivity contribution is 0.380. The number of ether oxygens (including phenoxy) is 2. The van der Waals surface area contributed by atoms with E-state index in [2.05, 4.69) is 0 Å². The Bertz CT molecular complexity index is 522. The van der Waals surface area contributed by atoms with Gasteiger partial charge in [-0.3, -0.25) is 0 Å². The lowest BCUT2D eigenvalue weighted by atomic mass is 10.3. The highest BCUT2D eigenvalue weighted by atomic mass is 32.7. The van der Waals surface area contributed by atoms with Crippen molar-refractivity contribution in [2.45, 2.75) is 25.5 Å². The average molecular weight is 288 g/mol. The summed E-state index contributed by atoms with van der Waals surface area (Å²) in [4.78, 5) is 0. The first-order chi connectivity index (χ1) is 8.25. The van der Waals surface area contributed by atoms with Crippen LogP contribution in [0.2, 0.25) is 0 Å². The molecule has 1 unspecified atom stereocenters. The van der Waals surface area contributed by atoms with Crippen molar-refractivity contribution in [1.82, 2.24) is 0 Å². The third-order valence-corrected chi connectivity index (χ3v) is 8.25. The molecule has 1 atom stereocenters. The predicted molar refractivity (Wildman–Crippen MR) is 74.7 cm³/mol. The molecule has 0 aromatic heterocycles. The van der Waals surface area contributed by atoms with Crippen LogP contribution >= 0.6 is 17.7 Å². The normalized spacial score (nSPS) is 22.4.